The maximum atomic E-state index is 14.4. The van der Waals surface area contributed by atoms with Crippen molar-refractivity contribution in [3.8, 4) is 5.75 Å². The van der Waals surface area contributed by atoms with E-state index in [1.54, 1.807) is 42.5 Å². The van der Waals surface area contributed by atoms with Crippen molar-refractivity contribution in [2.24, 2.45) is 0 Å². The van der Waals surface area contributed by atoms with Gasteiger partial charge < -0.3 is 15.0 Å². The van der Waals surface area contributed by atoms with E-state index in [0.29, 0.717) is 24.6 Å². The minimum absolute atomic E-state index is 0.0207. The molecule has 44 heavy (non-hydrogen) atoms. The van der Waals surface area contributed by atoms with Gasteiger partial charge in [0, 0.05) is 19.5 Å². The smallest absolute Gasteiger partial charge is 0.264 e. The van der Waals surface area contributed by atoms with Crippen molar-refractivity contribution in [1.29, 1.82) is 0 Å². The third-order valence-electron chi connectivity index (χ3n) is 7.10. The molecule has 2 amide bonds. The molecule has 0 saturated heterocycles. The molecule has 0 heterocycles. The lowest BCUT2D eigenvalue weighted by Crippen LogP contribution is -2.53. The van der Waals surface area contributed by atoms with E-state index in [1.165, 1.54) is 17.0 Å². The van der Waals surface area contributed by atoms with Crippen LogP contribution in [0.15, 0.2) is 114 Å². The third kappa shape index (κ3) is 8.26. The van der Waals surface area contributed by atoms with Crippen LogP contribution in [0.3, 0.4) is 0 Å². The number of hydrogen-bond donors (Lipinski definition) is 1. The molecule has 0 spiro atoms. The molecule has 230 valence electrons. The first-order chi connectivity index (χ1) is 21.2. The van der Waals surface area contributed by atoms with Gasteiger partial charge in [-0.25, -0.2) is 8.42 Å². The zero-order valence-electron chi connectivity index (χ0n) is 25.3. The molecule has 0 bridgehead atoms. The van der Waals surface area contributed by atoms with Gasteiger partial charge in [-0.1, -0.05) is 78.4 Å². The van der Waals surface area contributed by atoms with E-state index >= 15 is 0 Å². The van der Waals surface area contributed by atoms with Crippen molar-refractivity contribution in [2.75, 3.05) is 24.0 Å². The highest BCUT2D eigenvalue weighted by Gasteiger charge is 2.34. The SMILES string of the molecule is CCNC(=O)[C@H](Cc1ccccc1)N(Cc1cccc(C)c1)C(=O)CN(c1ccccc1)S(=O)(=O)c1ccc(OCC)cc1. The summed E-state index contributed by atoms with van der Waals surface area (Å²) < 4.78 is 34.8. The molecule has 0 fully saturated rings. The van der Waals surface area contributed by atoms with Gasteiger partial charge >= 0.3 is 0 Å². The molecule has 0 radical (unpaired) electrons. The minimum Gasteiger partial charge on any atom is -0.494 e. The van der Waals surface area contributed by atoms with Gasteiger partial charge in [-0.05, 0) is 68.3 Å². The molecule has 0 unspecified atom stereocenters. The van der Waals surface area contributed by atoms with Crippen LogP contribution in [0.25, 0.3) is 0 Å². The fourth-order valence-electron chi connectivity index (χ4n) is 4.98. The zero-order chi connectivity index (χ0) is 31.5. The molecule has 4 aromatic carbocycles. The lowest BCUT2D eigenvalue weighted by molar-refractivity contribution is -0.140. The predicted octanol–water partition coefficient (Wildman–Crippen LogP) is 5.37. The standard InChI is InChI=1S/C35H39N3O5S/c1-4-36-35(40)33(24-28-14-8-6-9-15-28)37(25-29-16-12-13-27(3)23-29)34(39)26-38(30-17-10-7-11-18-30)44(41,42)32-21-19-31(20-22-32)43-5-2/h6-23,33H,4-5,24-26H2,1-3H3,(H,36,40)/t33-/m0/s1. The minimum atomic E-state index is -4.18. The number of benzene rings is 4. The average Bonchev–Trinajstić information content (AvgIpc) is 3.03. The number of anilines is 1. The van der Waals surface area contributed by atoms with Crippen molar-refractivity contribution >= 4 is 27.5 Å². The number of nitrogens with one attached hydrogen (secondary N) is 1. The Bertz CT molecular complexity index is 1630. The molecule has 9 heteroatoms. The monoisotopic (exact) mass is 613 g/mol. The highest BCUT2D eigenvalue weighted by molar-refractivity contribution is 7.92. The van der Waals surface area contributed by atoms with Crippen molar-refractivity contribution in [3.63, 3.8) is 0 Å². The van der Waals surface area contributed by atoms with Crippen LogP contribution >= 0.6 is 0 Å². The summed E-state index contributed by atoms with van der Waals surface area (Å²) in [5.41, 5.74) is 3.06. The van der Waals surface area contributed by atoms with Crippen molar-refractivity contribution < 1.29 is 22.7 Å². The molecule has 0 aliphatic heterocycles. The summed E-state index contributed by atoms with van der Waals surface area (Å²) in [6, 6.07) is 31.0. The van der Waals surface area contributed by atoms with E-state index < -0.39 is 28.5 Å². The van der Waals surface area contributed by atoms with E-state index in [4.69, 9.17) is 4.74 Å². The molecule has 1 atom stereocenters. The molecule has 4 rings (SSSR count). The first-order valence-corrected chi connectivity index (χ1v) is 16.1. The summed E-state index contributed by atoms with van der Waals surface area (Å²) in [5, 5.41) is 2.88. The average molecular weight is 614 g/mol. The summed E-state index contributed by atoms with van der Waals surface area (Å²) in [7, 11) is -4.18. The Balaban J connectivity index is 1.76. The fourth-order valence-corrected chi connectivity index (χ4v) is 6.39. The van der Waals surface area contributed by atoms with Crippen molar-refractivity contribution in [3.05, 3.63) is 126 Å². The lowest BCUT2D eigenvalue weighted by atomic mass is 10.0. The highest BCUT2D eigenvalue weighted by Crippen LogP contribution is 2.26. The molecule has 0 aliphatic rings. The van der Waals surface area contributed by atoms with Crippen LogP contribution in [0.4, 0.5) is 5.69 Å². The second kappa shape index (κ2) is 15.2. The number of sulfonamides is 1. The number of amides is 2. The van der Waals surface area contributed by atoms with E-state index in [2.05, 4.69) is 5.32 Å². The number of carbonyl (C=O) groups is 2. The normalized spacial score (nSPS) is 11.8. The van der Waals surface area contributed by atoms with E-state index in [9.17, 15) is 18.0 Å². The Morgan fingerprint density at radius 3 is 2.07 bits per heavy atom. The van der Waals surface area contributed by atoms with Gasteiger partial charge in [-0.15, -0.1) is 0 Å². The largest absolute Gasteiger partial charge is 0.494 e. The van der Waals surface area contributed by atoms with Crippen LogP contribution in [0.1, 0.15) is 30.5 Å². The van der Waals surface area contributed by atoms with Crippen molar-refractivity contribution in [1.82, 2.24) is 10.2 Å². The van der Waals surface area contributed by atoms with Gasteiger partial charge in [0.25, 0.3) is 10.0 Å². The number of ether oxygens (including phenoxy) is 1. The summed E-state index contributed by atoms with van der Waals surface area (Å²) in [4.78, 5) is 29.5. The van der Waals surface area contributed by atoms with Crippen LogP contribution in [-0.2, 0) is 32.6 Å². The third-order valence-corrected chi connectivity index (χ3v) is 8.89. The highest BCUT2D eigenvalue weighted by atomic mass is 32.2. The number of rotatable bonds is 14. The molecular formula is C35H39N3O5S. The van der Waals surface area contributed by atoms with Crippen LogP contribution in [0, 0.1) is 6.92 Å². The molecule has 8 nitrogen and oxygen atoms in total. The Morgan fingerprint density at radius 1 is 0.818 bits per heavy atom. The van der Waals surface area contributed by atoms with Crippen LogP contribution in [-0.4, -0.2) is 50.9 Å². The number of likely N-dealkylation sites (N-methyl/N-ethyl adjacent to an activating group) is 1. The molecule has 0 aromatic heterocycles. The second-order valence-electron chi connectivity index (χ2n) is 10.4. The quantitative estimate of drug-likeness (QED) is 0.207. The maximum absolute atomic E-state index is 14.4. The zero-order valence-corrected chi connectivity index (χ0v) is 26.2. The number of nitrogens with zero attached hydrogens (tertiary/aromatic N) is 2. The van der Waals surface area contributed by atoms with Crippen LogP contribution < -0.4 is 14.4 Å². The molecule has 0 aliphatic carbocycles. The van der Waals surface area contributed by atoms with Gasteiger partial charge in [0.2, 0.25) is 11.8 Å². The lowest BCUT2D eigenvalue weighted by Gasteiger charge is -2.34. The maximum Gasteiger partial charge on any atom is 0.264 e. The van der Waals surface area contributed by atoms with Gasteiger partial charge in [0.05, 0.1) is 17.2 Å². The van der Waals surface area contributed by atoms with E-state index in [-0.39, 0.29) is 23.8 Å². The molecular weight excluding hydrogens is 574 g/mol. The Morgan fingerprint density at radius 2 is 1.45 bits per heavy atom. The molecule has 1 N–H and O–H groups in total. The van der Waals surface area contributed by atoms with E-state index in [1.807, 2.05) is 75.4 Å². The first kappa shape index (κ1) is 32.3. The summed E-state index contributed by atoms with van der Waals surface area (Å²) in [5.74, 6) is -0.265. The van der Waals surface area contributed by atoms with Gasteiger partial charge in [-0.3, -0.25) is 13.9 Å². The molecule has 0 saturated carbocycles. The van der Waals surface area contributed by atoms with E-state index in [0.717, 1.165) is 21.0 Å². The topological polar surface area (TPSA) is 96.0 Å². The van der Waals surface area contributed by atoms with Gasteiger partial charge in [0.1, 0.15) is 18.3 Å². The fraction of sp³-hybridized carbons (Fsp3) is 0.257. The first-order valence-electron chi connectivity index (χ1n) is 14.7. The summed E-state index contributed by atoms with van der Waals surface area (Å²) >= 11 is 0. The van der Waals surface area contributed by atoms with Crippen LogP contribution in [0.5, 0.6) is 5.75 Å². The molecule has 4 aromatic rings. The number of para-hydroxylation sites is 1. The Hall–Kier alpha value is -4.63. The predicted molar refractivity (Wildman–Crippen MR) is 173 cm³/mol. The Kier molecular flexibility index (Phi) is 11.2. The number of aryl methyl sites for hydroxylation is 1. The summed E-state index contributed by atoms with van der Waals surface area (Å²) in [6.07, 6.45) is 0.265. The number of hydrogen-bond acceptors (Lipinski definition) is 5. The van der Waals surface area contributed by atoms with Crippen molar-refractivity contribution in [2.45, 2.75) is 44.7 Å². The van der Waals surface area contributed by atoms with Gasteiger partial charge in [-0.2, -0.15) is 0 Å². The van der Waals surface area contributed by atoms with Crippen LogP contribution in [0.2, 0.25) is 0 Å². The van der Waals surface area contributed by atoms with Gasteiger partial charge in [0.15, 0.2) is 0 Å². The second-order valence-corrected chi connectivity index (χ2v) is 12.2. The number of carbonyl (C=O) groups excluding carboxylic acids is 2. The Labute approximate surface area is 260 Å². The summed E-state index contributed by atoms with van der Waals surface area (Å²) in [6.45, 7) is 6.09.